The molecule has 3 heterocycles. The summed E-state index contributed by atoms with van der Waals surface area (Å²) in [5.74, 6) is 1.25. The molecule has 0 spiro atoms. The highest BCUT2D eigenvalue weighted by molar-refractivity contribution is 7.09. The van der Waals surface area contributed by atoms with Crippen LogP contribution in [-0.2, 0) is 11.4 Å². The number of piperidine rings is 1. The zero-order valence-corrected chi connectivity index (χ0v) is 16.4. The number of likely N-dealkylation sites (tertiary alicyclic amines) is 1. The predicted octanol–water partition coefficient (Wildman–Crippen LogP) is 3.71. The monoisotopic (exact) mass is 401 g/mol. The lowest BCUT2D eigenvalue weighted by molar-refractivity contribution is -0.117. The molecule has 7 nitrogen and oxygen atoms in total. The molecular weight excluding hydrogens is 378 g/mol. The maximum atomic E-state index is 11.8. The number of carboxylic acid groups (broad SMARTS) is 1. The molecule has 4 rings (SSSR count). The van der Waals surface area contributed by atoms with Gasteiger partial charge in [0, 0.05) is 43.0 Å². The van der Waals surface area contributed by atoms with E-state index in [0.717, 1.165) is 47.9 Å². The number of aromatic nitrogens is 1. The van der Waals surface area contributed by atoms with Crippen LogP contribution >= 0.6 is 11.3 Å². The molecule has 0 radical (unpaired) electrons. The third-order valence-electron chi connectivity index (χ3n) is 5.29. The van der Waals surface area contributed by atoms with E-state index in [1.54, 1.807) is 11.3 Å². The number of anilines is 1. The van der Waals surface area contributed by atoms with E-state index >= 15 is 0 Å². The van der Waals surface area contributed by atoms with Crippen molar-refractivity contribution in [1.82, 2.24) is 9.88 Å². The van der Waals surface area contributed by atoms with Gasteiger partial charge in [0.1, 0.15) is 12.4 Å². The summed E-state index contributed by atoms with van der Waals surface area (Å²) in [6.45, 7) is 2.31. The molecule has 0 unspecified atom stereocenters. The van der Waals surface area contributed by atoms with Gasteiger partial charge < -0.3 is 19.6 Å². The highest BCUT2D eigenvalue weighted by Gasteiger charge is 2.25. The van der Waals surface area contributed by atoms with Crippen molar-refractivity contribution in [1.29, 1.82) is 0 Å². The second-order valence-corrected chi connectivity index (χ2v) is 8.04. The molecule has 8 heteroatoms. The Hall–Kier alpha value is -2.61. The number of carbonyl (C=O) groups excluding carboxylic acids is 1. The van der Waals surface area contributed by atoms with Crippen LogP contribution in [0.2, 0.25) is 0 Å². The van der Waals surface area contributed by atoms with E-state index in [9.17, 15) is 9.59 Å². The van der Waals surface area contributed by atoms with E-state index in [0.29, 0.717) is 32.0 Å². The summed E-state index contributed by atoms with van der Waals surface area (Å²) < 4.78 is 5.84. The van der Waals surface area contributed by atoms with Crippen molar-refractivity contribution in [3.63, 3.8) is 0 Å². The molecule has 2 saturated heterocycles. The summed E-state index contributed by atoms with van der Waals surface area (Å²) in [5, 5.41) is 12.1. The largest absolute Gasteiger partial charge is 0.487 e. The molecule has 1 aromatic heterocycles. The summed E-state index contributed by atoms with van der Waals surface area (Å²) in [4.78, 5) is 30.8. The van der Waals surface area contributed by atoms with Gasteiger partial charge in [-0.2, -0.15) is 0 Å². The van der Waals surface area contributed by atoms with Crippen molar-refractivity contribution < 1.29 is 19.4 Å². The Morgan fingerprint density at radius 3 is 2.61 bits per heavy atom. The molecule has 28 heavy (non-hydrogen) atoms. The zero-order chi connectivity index (χ0) is 19.5. The van der Waals surface area contributed by atoms with Crippen LogP contribution in [0.5, 0.6) is 5.75 Å². The first-order chi connectivity index (χ1) is 13.6. The van der Waals surface area contributed by atoms with E-state index in [-0.39, 0.29) is 5.91 Å². The number of rotatable bonds is 5. The Kier molecular flexibility index (Phi) is 5.47. The lowest BCUT2D eigenvalue weighted by Crippen LogP contribution is -2.36. The summed E-state index contributed by atoms with van der Waals surface area (Å²) in [6, 6.07) is 7.61. The van der Waals surface area contributed by atoms with E-state index in [1.807, 2.05) is 34.5 Å². The fourth-order valence-corrected chi connectivity index (χ4v) is 4.67. The highest BCUT2D eigenvalue weighted by Crippen LogP contribution is 2.31. The number of hydrogen-bond donors (Lipinski definition) is 1. The Morgan fingerprint density at radius 1 is 1.21 bits per heavy atom. The van der Waals surface area contributed by atoms with Crippen molar-refractivity contribution in [3.8, 4) is 5.75 Å². The van der Waals surface area contributed by atoms with Crippen molar-refractivity contribution in [3.05, 3.63) is 40.3 Å². The fourth-order valence-electron chi connectivity index (χ4n) is 3.69. The molecule has 0 aliphatic carbocycles. The normalized spacial score (nSPS) is 17.9. The number of benzene rings is 1. The van der Waals surface area contributed by atoms with Crippen LogP contribution in [0.15, 0.2) is 29.6 Å². The molecule has 2 aliphatic rings. The third-order valence-corrected chi connectivity index (χ3v) is 6.35. The van der Waals surface area contributed by atoms with Crippen molar-refractivity contribution in [2.45, 2.75) is 38.2 Å². The number of ether oxygens (including phenoxy) is 1. The molecule has 1 aromatic carbocycles. The predicted molar refractivity (Wildman–Crippen MR) is 106 cm³/mol. The minimum atomic E-state index is -0.841. The molecule has 2 fully saturated rings. The van der Waals surface area contributed by atoms with Crippen LogP contribution < -0.4 is 9.64 Å². The van der Waals surface area contributed by atoms with Crippen LogP contribution in [0.3, 0.4) is 0 Å². The minimum absolute atomic E-state index is 0.179. The van der Waals surface area contributed by atoms with Gasteiger partial charge in [0.05, 0.1) is 10.7 Å². The summed E-state index contributed by atoms with van der Waals surface area (Å²) in [7, 11) is 0. The van der Waals surface area contributed by atoms with Gasteiger partial charge in [0.25, 0.3) is 0 Å². The van der Waals surface area contributed by atoms with Gasteiger partial charge in [-0.05, 0) is 43.5 Å². The minimum Gasteiger partial charge on any atom is -0.487 e. The second-order valence-electron chi connectivity index (χ2n) is 7.15. The van der Waals surface area contributed by atoms with Gasteiger partial charge in [-0.3, -0.25) is 4.79 Å². The van der Waals surface area contributed by atoms with E-state index in [1.165, 1.54) is 4.90 Å². The topological polar surface area (TPSA) is 83.0 Å². The SMILES string of the molecule is O=C(O)N1CCC(c2nc(COc3ccc(N4CCCC4=O)cc3)cs2)CC1. The fraction of sp³-hybridized carbons (Fsp3) is 0.450. The standard InChI is InChI=1S/C20H23N3O4S/c24-18-2-1-9-23(18)16-3-5-17(6-4-16)27-12-15-13-28-19(21-15)14-7-10-22(11-8-14)20(25)26/h3-6,13-14H,1-2,7-12H2,(H,25,26). The first-order valence-electron chi connectivity index (χ1n) is 9.55. The third kappa shape index (κ3) is 4.11. The molecule has 2 amide bonds. The summed E-state index contributed by atoms with van der Waals surface area (Å²) >= 11 is 1.62. The maximum absolute atomic E-state index is 11.8. The second kappa shape index (κ2) is 8.18. The van der Waals surface area contributed by atoms with Crippen LogP contribution in [0.25, 0.3) is 0 Å². The average molecular weight is 401 g/mol. The molecule has 0 saturated carbocycles. The summed E-state index contributed by atoms with van der Waals surface area (Å²) in [5.41, 5.74) is 1.80. The zero-order valence-electron chi connectivity index (χ0n) is 15.5. The van der Waals surface area contributed by atoms with E-state index in [4.69, 9.17) is 9.84 Å². The van der Waals surface area contributed by atoms with Crippen LogP contribution in [0, 0.1) is 0 Å². The Bertz CT molecular complexity index is 843. The number of carbonyl (C=O) groups is 2. The molecule has 148 valence electrons. The van der Waals surface area contributed by atoms with Gasteiger partial charge in [0.15, 0.2) is 0 Å². The average Bonchev–Trinajstić information content (AvgIpc) is 3.36. The molecule has 0 bridgehead atoms. The quantitative estimate of drug-likeness (QED) is 0.826. The number of thiazole rings is 1. The number of hydrogen-bond acceptors (Lipinski definition) is 5. The van der Waals surface area contributed by atoms with Gasteiger partial charge in [-0.15, -0.1) is 11.3 Å². The van der Waals surface area contributed by atoms with Gasteiger partial charge in [-0.25, -0.2) is 9.78 Å². The number of nitrogens with zero attached hydrogens (tertiary/aromatic N) is 3. The van der Waals surface area contributed by atoms with E-state index < -0.39 is 6.09 Å². The van der Waals surface area contributed by atoms with Crippen molar-refractivity contribution in [2.24, 2.45) is 0 Å². The van der Waals surface area contributed by atoms with Crippen molar-refractivity contribution in [2.75, 3.05) is 24.5 Å². The lowest BCUT2D eigenvalue weighted by atomic mass is 9.98. The lowest BCUT2D eigenvalue weighted by Gasteiger charge is -2.28. The van der Waals surface area contributed by atoms with Gasteiger partial charge in [-0.1, -0.05) is 0 Å². The molecule has 2 aromatic rings. The highest BCUT2D eigenvalue weighted by atomic mass is 32.1. The molecule has 0 atom stereocenters. The number of amides is 2. The van der Waals surface area contributed by atoms with Gasteiger partial charge >= 0.3 is 6.09 Å². The molecule has 2 aliphatic heterocycles. The Balaban J connectivity index is 1.30. The Morgan fingerprint density at radius 2 is 1.96 bits per heavy atom. The van der Waals surface area contributed by atoms with Crippen molar-refractivity contribution >= 4 is 29.0 Å². The molecule has 1 N–H and O–H groups in total. The Labute approximate surface area is 167 Å². The van der Waals surface area contributed by atoms with Crippen LogP contribution in [-0.4, -0.2) is 46.6 Å². The maximum Gasteiger partial charge on any atom is 0.407 e. The van der Waals surface area contributed by atoms with Crippen LogP contribution in [0.1, 0.15) is 42.3 Å². The summed E-state index contributed by atoms with van der Waals surface area (Å²) in [6.07, 6.45) is 2.33. The smallest absolute Gasteiger partial charge is 0.407 e. The molecular formula is C20H23N3O4S. The van der Waals surface area contributed by atoms with E-state index in [2.05, 4.69) is 4.98 Å². The van der Waals surface area contributed by atoms with Gasteiger partial charge in [0.2, 0.25) is 5.91 Å². The van der Waals surface area contributed by atoms with Crippen LogP contribution in [0.4, 0.5) is 10.5 Å². The first-order valence-corrected chi connectivity index (χ1v) is 10.4. The first kappa shape index (κ1) is 18.7.